The van der Waals surface area contributed by atoms with Gasteiger partial charge in [-0.15, -0.1) is 0 Å². The van der Waals surface area contributed by atoms with Gasteiger partial charge in [0.1, 0.15) is 12.0 Å². The average Bonchev–Trinajstić information content (AvgIpc) is 3.01. The van der Waals surface area contributed by atoms with Gasteiger partial charge >= 0.3 is 0 Å². The molecule has 0 bridgehead atoms. The number of amides is 1. The maximum Gasteiger partial charge on any atom is 0.253 e. The number of unbranched alkanes of at least 4 members (excludes halogenated alkanes) is 2. The lowest BCUT2D eigenvalue weighted by Gasteiger charge is -2.23. The summed E-state index contributed by atoms with van der Waals surface area (Å²) in [6.07, 6.45) is 7.65. The van der Waals surface area contributed by atoms with Crippen LogP contribution < -0.4 is 4.74 Å². The molecule has 0 saturated carbocycles. The normalized spacial score (nSPS) is 10.6. The Hall–Kier alpha value is -3.15. The standard InChI is InChI=1S/C28H41ClN2O2.C8H8O/c1-5-8-17-31(18-9-6-2)28(32)24-12-10-23(11-13-24)16-19-30(4)22-25-21-26(29)14-15-27(25)33-20-7-3;9-7-6-8-4-2-1-3-5-8/h10-15,21H,5-9,16-20,22H2,1-4H3;1-5,7H,6H2. The van der Waals surface area contributed by atoms with Gasteiger partial charge in [0.15, 0.2) is 0 Å². The van der Waals surface area contributed by atoms with Crippen LogP contribution >= 0.6 is 11.6 Å². The van der Waals surface area contributed by atoms with E-state index in [2.05, 4.69) is 44.9 Å². The van der Waals surface area contributed by atoms with Crippen LogP contribution in [0.1, 0.15) is 79.9 Å². The molecule has 3 aromatic carbocycles. The van der Waals surface area contributed by atoms with Crippen LogP contribution in [0, 0.1) is 0 Å². The lowest BCUT2D eigenvalue weighted by molar-refractivity contribution is -0.107. The van der Waals surface area contributed by atoms with Crippen LogP contribution in [0.15, 0.2) is 72.8 Å². The molecule has 1 amide bonds. The second-order valence-electron chi connectivity index (χ2n) is 10.6. The molecule has 0 N–H and O–H groups in total. The van der Waals surface area contributed by atoms with E-state index in [1.807, 2.05) is 65.6 Å². The zero-order valence-electron chi connectivity index (χ0n) is 26.0. The number of likely N-dealkylation sites (N-methyl/N-ethyl adjacent to an activating group) is 1. The molecule has 0 aromatic heterocycles. The summed E-state index contributed by atoms with van der Waals surface area (Å²) in [7, 11) is 2.11. The molecule has 3 rings (SSSR count). The van der Waals surface area contributed by atoms with Crippen LogP contribution in [0.5, 0.6) is 5.75 Å². The molecule has 5 nitrogen and oxygen atoms in total. The second-order valence-corrected chi connectivity index (χ2v) is 11.1. The van der Waals surface area contributed by atoms with Crippen LogP contribution in [-0.4, -0.2) is 55.3 Å². The molecular formula is C36H49ClN2O3. The number of halogens is 1. The number of hydrogen-bond donors (Lipinski definition) is 0. The lowest BCUT2D eigenvalue weighted by Crippen LogP contribution is -2.32. The molecule has 6 heteroatoms. The molecule has 0 spiro atoms. The van der Waals surface area contributed by atoms with E-state index in [9.17, 15) is 9.59 Å². The van der Waals surface area contributed by atoms with E-state index in [-0.39, 0.29) is 5.91 Å². The first-order valence-electron chi connectivity index (χ1n) is 15.4. The number of carbonyl (C=O) groups excluding carboxylic acids is 2. The molecule has 0 aliphatic rings. The predicted molar refractivity (Wildman–Crippen MR) is 176 cm³/mol. The summed E-state index contributed by atoms with van der Waals surface area (Å²) in [5.41, 5.74) is 4.21. The van der Waals surface area contributed by atoms with Crippen LogP contribution in [0.25, 0.3) is 0 Å². The molecule has 0 aliphatic carbocycles. The third kappa shape index (κ3) is 13.2. The molecule has 0 heterocycles. The lowest BCUT2D eigenvalue weighted by atomic mass is 10.1. The van der Waals surface area contributed by atoms with Crippen molar-refractivity contribution in [3.05, 3.63) is 100 Å². The molecule has 0 atom stereocenters. The molecular weight excluding hydrogens is 544 g/mol. The Morgan fingerprint density at radius 2 is 1.50 bits per heavy atom. The van der Waals surface area contributed by atoms with E-state index in [0.29, 0.717) is 13.0 Å². The van der Waals surface area contributed by atoms with Crippen molar-refractivity contribution in [1.29, 1.82) is 0 Å². The van der Waals surface area contributed by atoms with E-state index in [1.54, 1.807) is 0 Å². The van der Waals surface area contributed by atoms with Gasteiger partial charge in [-0.1, -0.05) is 87.7 Å². The van der Waals surface area contributed by atoms with Gasteiger partial charge in [0.2, 0.25) is 0 Å². The van der Waals surface area contributed by atoms with E-state index in [4.69, 9.17) is 16.3 Å². The van der Waals surface area contributed by atoms with Crippen molar-refractivity contribution in [1.82, 2.24) is 9.80 Å². The number of ether oxygens (including phenoxy) is 1. The van der Waals surface area contributed by atoms with Crippen molar-refractivity contribution in [2.24, 2.45) is 0 Å². The fraction of sp³-hybridized carbons (Fsp3) is 0.444. The van der Waals surface area contributed by atoms with Gasteiger partial charge in [-0.05, 0) is 74.2 Å². The Labute approximate surface area is 258 Å². The minimum Gasteiger partial charge on any atom is -0.493 e. The van der Waals surface area contributed by atoms with Crippen LogP contribution in [0.4, 0.5) is 0 Å². The van der Waals surface area contributed by atoms with Crippen LogP contribution in [-0.2, 0) is 24.2 Å². The Morgan fingerprint density at radius 3 is 2.10 bits per heavy atom. The molecule has 0 aliphatic heterocycles. The maximum absolute atomic E-state index is 13.0. The van der Waals surface area contributed by atoms with Gasteiger partial charge in [0, 0.05) is 48.7 Å². The fourth-order valence-electron chi connectivity index (χ4n) is 4.43. The monoisotopic (exact) mass is 592 g/mol. The highest BCUT2D eigenvalue weighted by Crippen LogP contribution is 2.24. The number of carbonyl (C=O) groups is 2. The van der Waals surface area contributed by atoms with E-state index in [1.165, 1.54) is 5.56 Å². The maximum atomic E-state index is 13.0. The van der Waals surface area contributed by atoms with Gasteiger partial charge in [0.25, 0.3) is 5.91 Å². The minimum absolute atomic E-state index is 0.154. The highest BCUT2D eigenvalue weighted by atomic mass is 35.5. The molecule has 42 heavy (non-hydrogen) atoms. The van der Waals surface area contributed by atoms with E-state index >= 15 is 0 Å². The third-order valence-electron chi connectivity index (χ3n) is 6.92. The van der Waals surface area contributed by atoms with Crippen molar-refractivity contribution < 1.29 is 14.3 Å². The number of rotatable bonds is 17. The van der Waals surface area contributed by atoms with Gasteiger partial charge in [-0.2, -0.15) is 0 Å². The quantitative estimate of drug-likeness (QED) is 0.148. The smallest absolute Gasteiger partial charge is 0.253 e. The molecule has 0 radical (unpaired) electrons. The summed E-state index contributed by atoms with van der Waals surface area (Å²) in [5.74, 6) is 1.06. The largest absolute Gasteiger partial charge is 0.493 e. The van der Waals surface area contributed by atoms with Gasteiger partial charge in [-0.25, -0.2) is 0 Å². The van der Waals surface area contributed by atoms with E-state index in [0.717, 1.165) is 98.5 Å². The van der Waals surface area contributed by atoms with Crippen molar-refractivity contribution in [3.8, 4) is 5.75 Å². The summed E-state index contributed by atoms with van der Waals surface area (Å²) in [6, 6.07) is 23.7. The van der Waals surface area contributed by atoms with Crippen LogP contribution in [0.2, 0.25) is 5.02 Å². The first kappa shape index (κ1) is 35.0. The molecule has 228 valence electrons. The van der Waals surface area contributed by atoms with Crippen molar-refractivity contribution in [2.75, 3.05) is 33.3 Å². The summed E-state index contributed by atoms with van der Waals surface area (Å²) in [6.45, 7) is 10.5. The topological polar surface area (TPSA) is 49.9 Å². The summed E-state index contributed by atoms with van der Waals surface area (Å²) >= 11 is 6.22. The number of aldehydes is 1. The van der Waals surface area contributed by atoms with Gasteiger partial charge in [0.05, 0.1) is 6.61 Å². The highest BCUT2D eigenvalue weighted by molar-refractivity contribution is 6.30. The Morgan fingerprint density at radius 1 is 0.833 bits per heavy atom. The molecule has 0 fully saturated rings. The summed E-state index contributed by atoms with van der Waals surface area (Å²) in [4.78, 5) is 27.2. The first-order chi connectivity index (χ1) is 20.4. The van der Waals surface area contributed by atoms with Crippen LogP contribution in [0.3, 0.4) is 0 Å². The number of benzene rings is 3. The average molecular weight is 593 g/mol. The summed E-state index contributed by atoms with van der Waals surface area (Å²) < 4.78 is 5.89. The summed E-state index contributed by atoms with van der Waals surface area (Å²) in [5, 5.41) is 0.731. The molecule has 0 saturated heterocycles. The minimum atomic E-state index is 0.154. The molecule has 0 unspecified atom stereocenters. The van der Waals surface area contributed by atoms with Gasteiger partial charge < -0.3 is 19.3 Å². The second kappa shape index (κ2) is 20.7. The SMILES string of the molecule is CCCCN(CCCC)C(=O)c1ccc(CCN(C)Cc2cc(Cl)ccc2OCCC)cc1.O=CCc1ccccc1. The van der Waals surface area contributed by atoms with Crippen molar-refractivity contribution in [3.63, 3.8) is 0 Å². The van der Waals surface area contributed by atoms with Crippen molar-refractivity contribution >= 4 is 23.8 Å². The van der Waals surface area contributed by atoms with E-state index < -0.39 is 0 Å². The Kier molecular flexibility index (Phi) is 17.3. The number of nitrogens with zero attached hydrogens (tertiary/aromatic N) is 2. The predicted octanol–water partition coefficient (Wildman–Crippen LogP) is 8.27. The molecule has 3 aromatic rings. The number of hydrogen-bond acceptors (Lipinski definition) is 4. The fourth-order valence-corrected chi connectivity index (χ4v) is 4.63. The Balaban J connectivity index is 0.000000581. The first-order valence-corrected chi connectivity index (χ1v) is 15.7. The third-order valence-corrected chi connectivity index (χ3v) is 7.15. The zero-order valence-corrected chi connectivity index (χ0v) is 26.7. The van der Waals surface area contributed by atoms with Gasteiger partial charge in [-0.3, -0.25) is 4.79 Å². The Bertz CT molecular complexity index is 1160. The zero-order chi connectivity index (χ0) is 30.6. The highest BCUT2D eigenvalue weighted by Gasteiger charge is 2.15. The van der Waals surface area contributed by atoms with Crippen molar-refractivity contribution in [2.45, 2.75) is 72.3 Å².